The molecule has 3 nitrogen and oxygen atoms in total. The van der Waals surface area contributed by atoms with Crippen LogP contribution >= 0.6 is 0 Å². The van der Waals surface area contributed by atoms with Crippen LogP contribution in [0.4, 0.5) is 0 Å². The largest absolute Gasteiger partial charge is 0.458 e. The van der Waals surface area contributed by atoms with Gasteiger partial charge < -0.3 is 13.6 Å². The van der Waals surface area contributed by atoms with E-state index in [1.54, 1.807) is 0 Å². The van der Waals surface area contributed by atoms with Gasteiger partial charge in [0.15, 0.2) is 5.58 Å². The number of nitrogens with zero attached hydrogens (tertiary/aromatic N) is 2. The van der Waals surface area contributed by atoms with Crippen molar-refractivity contribution in [2.24, 2.45) is 0 Å². The molecule has 10 rings (SSSR count). The summed E-state index contributed by atoms with van der Waals surface area (Å²) in [6.45, 7) is 0. The van der Waals surface area contributed by atoms with Gasteiger partial charge in [-0.3, -0.25) is 0 Å². The molecule has 1 aliphatic carbocycles. The molecule has 0 fully saturated rings. The Kier molecular flexibility index (Phi) is 5.11. The zero-order valence-electron chi connectivity index (χ0n) is 24.6. The molecule has 0 saturated heterocycles. The second-order valence-electron chi connectivity index (χ2n) is 12.0. The summed E-state index contributed by atoms with van der Waals surface area (Å²) in [4.78, 5) is 0. The standard InChI is InChI=1S/C42H28N2O/c1-2-12-27(13-3-1)28-14-10-15-29(26-28)43-34-20-7-4-17-32(34)40-36(43)24-25-37-41(40)33-18-5-8-21-35(33)44(37)38-22-11-19-31-30-16-6-9-23-39(30)45-42(31)38/h1-8,10-22,24-26H,9,23H2. The normalized spacial score (nSPS) is 13.1. The third kappa shape index (κ3) is 3.46. The molecule has 6 aromatic carbocycles. The molecule has 45 heavy (non-hydrogen) atoms. The molecule has 0 bridgehead atoms. The fourth-order valence-corrected chi connectivity index (χ4v) is 7.64. The summed E-state index contributed by atoms with van der Waals surface area (Å²) in [5.74, 6) is 1.09. The number of hydrogen-bond acceptors (Lipinski definition) is 1. The van der Waals surface area contributed by atoms with E-state index in [1.165, 1.54) is 65.7 Å². The quantitative estimate of drug-likeness (QED) is 0.205. The summed E-state index contributed by atoms with van der Waals surface area (Å²) in [6.07, 6.45) is 6.45. The van der Waals surface area contributed by atoms with Gasteiger partial charge in [0.2, 0.25) is 0 Å². The van der Waals surface area contributed by atoms with Crippen molar-refractivity contribution in [3.63, 3.8) is 0 Å². The van der Waals surface area contributed by atoms with E-state index in [0.29, 0.717) is 0 Å². The van der Waals surface area contributed by atoms with Crippen LogP contribution in [0.25, 0.3) is 83.2 Å². The van der Waals surface area contributed by atoms with Gasteiger partial charge in [-0.1, -0.05) is 103 Å². The van der Waals surface area contributed by atoms with Gasteiger partial charge in [0, 0.05) is 44.6 Å². The van der Waals surface area contributed by atoms with Gasteiger partial charge in [-0.05, 0) is 60.0 Å². The molecule has 1 aliphatic rings. The van der Waals surface area contributed by atoms with E-state index in [2.05, 4.69) is 155 Å². The first-order valence-electron chi connectivity index (χ1n) is 15.7. The Morgan fingerprint density at radius 3 is 1.96 bits per heavy atom. The SMILES string of the molecule is C1=Cc2c(oc3c(-n4c5ccccc5c5c6c7ccccc7n(-c7cccc(-c8ccccc8)c7)c6ccc54)cccc23)CC1. The number of allylic oxidation sites excluding steroid dienone is 1. The van der Waals surface area contributed by atoms with E-state index in [9.17, 15) is 0 Å². The van der Waals surface area contributed by atoms with Crippen LogP contribution in [-0.4, -0.2) is 9.13 Å². The molecule has 0 saturated carbocycles. The first-order valence-corrected chi connectivity index (χ1v) is 15.7. The van der Waals surface area contributed by atoms with Crippen molar-refractivity contribution in [2.75, 3.05) is 0 Å². The molecular formula is C42H28N2O. The molecule has 0 atom stereocenters. The maximum absolute atomic E-state index is 6.63. The second-order valence-corrected chi connectivity index (χ2v) is 12.0. The Bertz CT molecular complexity index is 2650. The maximum atomic E-state index is 6.63. The lowest BCUT2D eigenvalue weighted by Crippen LogP contribution is -1.95. The molecule has 3 heteroatoms. The van der Waals surface area contributed by atoms with Crippen molar-refractivity contribution in [1.29, 1.82) is 0 Å². The van der Waals surface area contributed by atoms with Crippen LogP contribution in [0.15, 0.2) is 144 Å². The van der Waals surface area contributed by atoms with Crippen molar-refractivity contribution < 1.29 is 4.42 Å². The topological polar surface area (TPSA) is 23.0 Å². The van der Waals surface area contributed by atoms with Crippen LogP contribution in [0.3, 0.4) is 0 Å². The number of aromatic nitrogens is 2. The second kappa shape index (κ2) is 9.35. The van der Waals surface area contributed by atoms with Crippen LogP contribution < -0.4 is 0 Å². The minimum absolute atomic E-state index is 0.943. The van der Waals surface area contributed by atoms with Gasteiger partial charge in [0.05, 0.1) is 27.8 Å². The maximum Gasteiger partial charge on any atom is 0.158 e. The zero-order chi connectivity index (χ0) is 29.5. The minimum Gasteiger partial charge on any atom is -0.458 e. The highest BCUT2D eigenvalue weighted by atomic mass is 16.3. The lowest BCUT2D eigenvalue weighted by molar-refractivity contribution is 0.545. The smallest absolute Gasteiger partial charge is 0.158 e. The number of rotatable bonds is 3. The summed E-state index contributed by atoms with van der Waals surface area (Å²) in [7, 11) is 0. The number of para-hydroxylation sites is 3. The lowest BCUT2D eigenvalue weighted by atomic mass is 10.0. The van der Waals surface area contributed by atoms with Crippen LogP contribution in [-0.2, 0) is 6.42 Å². The third-order valence-corrected chi connectivity index (χ3v) is 9.56. The molecule has 9 aromatic rings. The Morgan fingerprint density at radius 2 is 1.16 bits per heavy atom. The Balaban J connectivity index is 1.31. The molecule has 3 aromatic heterocycles. The van der Waals surface area contributed by atoms with E-state index in [1.807, 2.05) is 0 Å². The first-order chi connectivity index (χ1) is 22.3. The number of aryl methyl sites for hydroxylation is 1. The van der Waals surface area contributed by atoms with Crippen molar-refractivity contribution in [1.82, 2.24) is 9.13 Å². The summed E-state index contributed by atoms with van der Waals surface area (Å²) < 4.78 is 11.5. The molecule has 0 unspecified atom stereocenters. The fourth-order valence-electron chi connectivity index (χ4n) is 7.64. The van der Waals surface area contributed by atoms with Crippen LogP contribution in [0.2, 0.25) is 0 Å². The molecule has 212 valence electrons. The van der Waals surface area contributed by atoms with Crippen LogP contribution in [0.1, 0.15) is 17.7 Å². The molecule has 0 aliphatic heterocycles. The summed E-state index contributed by atoms with van der Waals surface area (Å²) in [5, 5.41) is 6.22. The predicted octanol–water partition coefficient (Wildman–Crippen LogP) is 11.3. The zero-order valence-corrected chi connectivity index (χ0v) is 24.6. The van der Waals surface area contributed by atoms with Gasteiger partial charge in [-0.15, -0.1) is 0 Å². The van der Waals surface area contributed by atoms with Gasteiger partial charge in [0.1, 0.15) is 5.76 Å². The lowest BCUT2D eigenvalue weighted by Gasteiger charge is -2.11. The Labute approximate surface area is 259 Å². The number of fused-ring (bicyclic) bond motifs is 10. The Morgan fingerprint density at radius 1 is 0.511 bits per heavy atom. The van der Waals surface area contributed by atoms with Gasteiger partial charge in [-0.25, -0.2) is 0 Å². The summed E-state index contributed by atoms with van der Waals surface area (Å²) in [5.41, 5.74) is 11.6. The molecular weight excluding hydrogens is 548 g/mol. The van der Waals surface area contributed by atoms with E-state index in [0.717, 1.165) is 35.6 Å². The van der Waals surface area contributed by atoms with Crippen LogP contribution in [0.5, 0.6) is 0 Å². The van der Waals surface area contributed by atoms with E-state index < -0.39 is 0 Å². The molecule has 0 amide bonds. The van der Waals surface area contributed by atoms with Gasteiger partial charge in [0.25, 0.3) is 0 Å². The average Bonchev–Trinajstić information content (AvgIpc) is 3.76. The summed E-state index contributed by atoms with van der Waals surface area (Å²) >= 11 is 0. The number of furan rings is 1. The van der Waals surface area contributed by atoms with E-state index in [4.69, 9.17) is 4.42 Å². The van der Waals surface area contributed by atoms with Crippen LogP contribution in [0, 0.1) is 0 Å². The van der Waals surface area contributed by atoms with Gasteiger partial charge in [-0.2, -0.15) is 0 Å². The molecule has 3 heterocycles. The van der Waals surface area contributed by atoms with Crippen molar-refractivity contribution in [3.05, 3.63) is 151 Å². The molecule has 0 N–H and O–H groups in total. The van der Waals surface area contributed by atoms with E-state index >= 15 is 0 Å². The fraction of sp³-hybridized carbons (Fsp3) is 0.0476. The van der Waals surface area contributed by atoms with Crippen molar-refractivity contribution >= 4 is 60.7 Å². The Hall–Kier alpha value is -5.80. The summed E-state index contributed by atoms with van der Waals surface area (Å²) in [6, 6.07) is 48.3. The highest BCUT2D eigenvalue weighted by Crippen LogP contribution is 2.44. The predicted molar refractivity (Wildman–Crippen MR) is 188 cm³/mol. The van der Waals surface area contributed by atoms with E-state index in [-0.39, 0.29) is 0 Å². The van der Waals surface area contributed by atoms with Crippen molar-refractivity contribution in [3.8, 4) is 22.5 Å². The number of benzene rings is 6. The first kappa shape index (κ1) is 24.6. The average molecular weight is 577 g/mol. The van der Waals surface area contributed by atoms with Crippen molar-refractivity contribution in [2.45, 2.75) is 12.8 Å². The highest BCUT2D eigenvalue weighted by Gasteiger charge is 2.23. The monoisotopic (exact) mass is 576 g/mol. The number of hydrogen-bond donors (Lipinski definition) is 0. The third-order valence-electron chi connectivity index (χ3n) is 9.56. The minimum atomic E-state index is 0.943. The highest BCUT2D eigenvalue weighted by molar-refractivity contribution is 6.29. The molecule has 0 radical (unpaired) electrons. The molecule has 0 spiro atoms. The van der Waals surface area contributed by atoms with Gasteiger partial charge >= 0.3 is 0 Å².